The summed E-state index contributed by atoms with van der Waals surface area (Å²) in [6.45, 7) is 16.1. The molecule has 2 bridgehead atoms. The minimum Gasteiger partial charge on any atom is -0.154 e. The van der Waals surface area contributed by atoms with E-state index in [4.69, 9.17) is 10.2 Å². The summed E-state index contributed by atoms with van der Waals surface area (Å²) < 4.78 is 0. The second-order valence-corrected chi connectivity index (χ2v) is 9.32. The van der Waals surface area contributed by atoms with Crippen LogP contribution in [-0.4, -0.2) is 10.2 Å². The van der Waals surface area contributed by atoms with E-state index in [0.29, 0.717) is 5.92 Å². The van der Waals surface area contributed by atoms with Crippen LogP contribution in [0.4, 0.5) is 0 Å². The van der Waals surface area contributed by atoms with Gasteiger partial charge in [-0.25, -0.2) is 0 Å². The van der Waals surface area contributed by atoms with Gasteiger partial charge in [-0.1, -0.05) is 48.5 Å². The Morgan fingerprint density at radius 2 is 1.33 bits per heavy atom. The molecule has 0 spiro atoms. The molecule has 0 saturated heterocycles. The van der Waals surface area contributed by atoms with Gasteiger partial charge in [0.05, 0.1) is 11.4 Å². The van der Waals surface area contributed by atoms with E-state index in [1.54, 1.807) is 11.1 Å². The largest absolute Gasteiger partial charge is 0.154 e. The van der Waals surface area contributed by atoms with Crippen LogP contribution in [-0.2, 0) is 10.8 Å². The molecule has 1 aromatic heterocycles. The molecule has 1 aromatic rings. The van der Waals surface area contributed by atoms with Crippen molar-refractivity contribution in [1.29, 1.82) is 0 Å². The SMILES string of the molecule is CC1CCC2CC1c1c(C(C)(C)C)nnc(C(C)(C)C)c12. The van der Waals surface area contributed by atoms with E-state index in [-0.39, 0.29) is 10.8 Å². The molecule has 2 aliphatic carbocycles. The van der Waals surface area contributed by atoms with Crippen molar-refractivity contribution in [1.82, 2.24) is 10.2 Å². The first-order chi connectivity index (χ1) is 9.60. The zero-order valence-corrected chi connectivity index (χ0v) is 14.7. The van der Waals surface area contributed by atoms with Gasteiger partial charge in [0.25, 0.3) is 0 Å². The summed E-state index contributed by atoms with van der Waals surface area (Å²) in [5.74, 6) is 2.23. The summed E-state index contributed by atoms with van der Waals surface area (Å²) in [6, 6.07) is 0. The molecular weight excluding hydrogens is 256 g/mol. The van der Waals surface area contributed by atoms with Crippen molar-refractivity contribution in [3.05, 3.63) is 22.5 Å². The van der Waals surface area contributed by atoms with Crippen LogP contribution in [0.3, 0.4) is 0 Å². The van der Waals surface area contributed by atoms with E-state index in [0.717, 1.165) is 11.8 Å². The Morgan fingerprint density at radius 1 is 0.810 bits per heavy atom. The molecular formula is C19H30N2. The summed E-state index contributed by atoms with van der Waals surface area (Å²) >= 11 is 0. The normalized spacial score (nSPS) is 28.6. The predicted octanol–water partition coefficient (Wildman–Crippen LogP) is 5.07. The van der Waals surface area contributed by atoms with Crippen molar-refractivity contribution in [2.45, 2.75) is 90.4 Å². The van der Waals surface area contributed by atoms with Gasteiger partial charge in [0, 0.05) is 10.8 Å². The fourth-order valence-corrected chi connectivity index (χ4v) is 4.35. The maximum atomic E-state index is 4.73. The highest BCUT2D eigenvalue weighted by molar-refractivity contribution is 5.48. The van der Waals surface area contributed by atoms with E-state index >= 15 is 0 Å². The molecule has 0 radical (unpaired) electrons. The van der Waals surface area contributed by atoms with Crippen molar-refractivity contribution in [2.75, 3.05) is 0 Å². The average molecular weight is 286 g/mol. The molecule has 3 atom stereocenters. The molecule has 1 heterocycles. The first kappa shape index (κ1) is 15.0. The van der Waals surface area contributed by atoms with Gasteiger partial charge in [-0.2, -0.15) is 10.2 Å². The molecule has 3 unspecified atom stereocenters. The van der Waals surface area contributed by atoms with Crippen molar-refractivity contribution in [3.63, 3.8) is 0 Å². The van der Waals surface area contributed by atoms with Crippen LogP contribution in [0, 0.1) is 5.92 Å². The third-order valence-electron chi connectivity index (χ3n) is 5.45. The lowest BCUT2D eigenvalue weighted by molar-refractivity contribution is 0.327. The van der Waals surface area contributed by atoms with Crippen molar-refractivity contribution >= 4 is 0 Å². The van der Waals surface area contributed by atoms with E-state index < -0.39 is 0 Å². The molecule has 0 aliphatic heterocycles. The minimum absolute atomic E-state index is 0.0880. The van der Waals surface area contributed by atoms with Crippen molar-refractivity contribution in [2.24, 2.45) is 5.92 Å². The van der Waals surface area contributed by atoms with Crippen molar-refractivity contribution in [3.8, 4) is 0 Å². The van der Waals surface area contributed by atoms with Crippen LogP contribution in [0.25, 0.3) is 0 Å². The van der Waals surface area contributed by atoms with Crippen molar-refractivity contribution < 1.29 is 0 Å². The average Bonchev–Trinajstić information content (AvgIpc) is 2.66. The first-order valence-electron chi connectivity index (χ1n) is 8.52. The van der Waals surface area contributed by atoms with Gasteiger partial charge >= 0.3 is 0 Å². The number of rotatable bonds is 0. The van der Waals surface area contributed by atoms with Crippen LogP contribution in [0.1, 0.15) is 102 Å². The standard InChI is InChI=1S/C19H30N2/c1-11-8-9-12-10-13(11)15-14(12)16(18(2,3)4)20-21-17(15)19(5,6)7/h11-13H,8-10H2,1-7H3. The number of hydrogen-bond acceptors (Lipinski definition) is 2. The van der Waals surface area contributed by atoms with Gasteiger partial charge in [-0.05, 0) is 48.1 Å². The zero-order chi connectivity index (χ0) is 15.6. The maximum absolute atomic E-state index is 4.73. The lowest BCUT2D eigenvalue weighted by atomic mass is 9.77. The van der Waals surface area contributed by atoms with Gasteiger partial charge < -0.3 is 0 Å². The highest BCUT2D eigenvalue weighted by atomic mass is 15.1. The molecule has 1 saturated carbocycles. The molecule has 116 valence electrons. The van der Waals surface area contributed by atoms with Gasteiger partial charge in [-0.15, -0.1) is 0 Å². The van der Waals surface area contributed by atoms with Gasteiger partial charge in [0.15, 0.2) is 0 Å². The number of hydrogen-bond donors (Lipinski definition) is 0. The summed E-state index contributed by atoms with van der Waals surface area (Å²) in [5, 5.41) is 9.46. The van der Waals surface area contributed by atoms with Crippen LogP contribution >= 0.6 is 0 Å². The number of nitrogens with zero attached hydrogens (tertiary/aromatic N) is 2. The Morgan fingerprint density at radius 3 is 1.86 bits per heavy atom. The predicted molar refractivity (Wildman–Crippen MR) is 87.9 cm³/mol. The molecule has 0 N–H and O–H groups in total. The fraction of sp³-hybridized carbons (Fsp3) is 0.789. The Labute approximate surface area is 129 Å². The summed E-state index contributed by atoms with van der Waals surface area (Å²) in [6.07, 6.45) is 4.02. The Hall–Kier alpha value is -0.920. The molecule has 0 amide bonds. The topological polar surface area (TPSA) is 25.8 Å². The highest BCUT2D eigenvalue weighted by Gasteiger charge is 2.45. The monoisotopic (exact) mass is 286 g/mol. The second-order valence-electron chi connectivity index (χ2n) is 9.32. The Bertz CT molecular complexity index is 560. The van der Waals surface area contributed by atoms with Crippen LogP contribution in [0.2, 0.25) is 0 Å². The van der Waals surface area contributed by atoms with E-state index in [9.17, 15) is 0 Å². The van der Waals surface area contributed by atoms with E-state index in [1.165, 1.54) is 30.7 Å². The third-order valence-corrected chi connectivity index (χ3v) is 5.45. The fourth-order valence-electron chi connectivity index (χ4n) is 4.35. The minimum atomic E-state index is 0.0880. The summed E-state index contributed by atoms with van der Waals surface area (Å²) in [4.78, 5) is 0. The quantitative estimate of drug-likeness (QED) is 0.665. The summed E-state index contributed by atoms with van der Waals surface area (Å²) in [7, 11) is 0. The number of fused-ring (bicyclic) bond motifs is 5. The maximum Gasteiger partial charge on any atom is 0.0722 e. The highest BCUT2D eigenvalue weighted by Crippen LogP contribution is 2.56. The molecule has 0 aromatic carbocycles. The van der Waals surface area contributed by atoms with Crippen LogP contribution < -0.4 is 0 Å². The van der Waals surface area contributed by atoms with Crippen LogP contribution in [0.5, 0.6) is 0 Å². The molecule has 1 fully saturated rings. The van der Waals surface area contributed by atoms with Gasteiger partial charge in [-0.3, -0.25) is 0 Å². The van der Waals surface area contributed by atoms with Gasteiger partial charge in [0.2, 0.25) is 0 Å². The molecule has 2 nitrogen and oxygen atoms in total. The number of aromatic nitrogens is 2. The first-order valence-corrected chi connectivity index (χ1v) is 8.52. The van der Waals surface area contributed by atoms with Crippen LogP contribution in [0.15, 0.2) is 0 Å². The molecule has 3 rings (SSSR count). The Balaban J connectivity index is 2.28. The lowest BCUT2D eigenvalue weighted by Crippen LogP contribution is -2.24. The lowest BCUT2D eigenvalue weighted by Gasteiger charge is -2.28. The molecule has 21 heavy (non-hydrogen) atoms. The Kier molecular flexibility index (Phi) is 3.24. The van der Waals surface area contributed by atoms with E-state index in [2.05, 4.69) is 48.5 Å². The third kappa shape index (κ3) is 2.31. The second kappa shape index (κ2) is 4.54. The zero-order valence-electron chi connectivity index (χ0n) is 14.7. The smallest absolute Gasteiger partial charge is 0.0722 e. The molecule has 2 aliphatic rings. The molecule has 2 heteroatoms. The van der Waals surface area contributed by atoms with Gasteiger partial charge in [0.1, 0.15) is 0 Å². The van der Waals surface area contributed by atoms with E-state index in [1.807, 2.05) is 0 Å². The summed E-state index contributed by atoms with van der Waals surface area (Å²) in [5.41, 5.74) is 5.85.